The molecular weight excluding hydrogens is 351 g/mol. The largest absolute Gasteiger partial charge is 0.416 e. The number of rotatable bonds is 5. The fraction of sp³-hybridized carbons (Fsp3) is 0.333. The monoisotopic (exact) mass is 369 g/mol. The Balaban J connectivity index is 2.25. The van der Waals surface area contributed by atoms with E-state index < -0.39 is 17.0 Å². The number of halogens is 3. The minimum Gasteiger partial charge on any atom is -0.355 e. The zero-order valence-electron chi connectivity index (χ0n) is 14.2. The van der Waals surface area contributed by atoms with Crippen LogP contribution in [0.1, 0.15) is 51.5 Å². The third-order valence-corrected chi connectivity index (χ3v) is 4.97. The second-order valence-electron chi connectivity index (χ2n) is 5.83. The summed E-state index contributed by atoms with van der Waals surface area (Å²) in [7, 11) is 0. The first-order valence-corrected chi connectivity index (χ1v) is 8.48. The highest BCUT2D eigenvalue weighted by Crippen LogP contribution is 2.34. The number of aromatic nitrogens is 1. The average Bonchev–Trinajstić information content (AvgIpc) is 2.80. The highest BCUT2D eigenvalue weighted by atomic mass is 32.2. The number of carbonyl (C=O) groups is 2. The van der Waals surface area contributed by atoms with Gasteiger partial charge in [0.2, 0.25) is 0 Å². The first-order chi connectivity index (χ1) is 11.5. The van der Waals surface area contributed by atoms with Crippen LogP contribution in [0.4, 0.5) is 13.2 Å². The number of H-pyrrole nitrogens is 1. The van der Waals surface area contributed by atoms with Crippen LogP contribution >= 0.6 is 11.8 Å². The molecule has 0 amide bonds. The molecule has 0 saturated heterocycles. The van der Waals surface area contributed by atoms with E-state index in [4.69, 9.17) is 0 Å². The highest BCUT2D eigenvalue weighted by molar-refractivity contribution is 8.00. The topological polar surface area (TPSA) is 49.9 Å². The van der Waals surface area contributed by atoms with Gasteiger partial charge in [0.25, 0.3) is 0 Å². The minimum atomic E-state index is -4.42. The summed E-state index contributed by atoms with van der Waals surface area (Å²) in [5, 5.41) is -0.597. The summed E-state index contributed by atoms with van der Waals surface area (Å²) < 4.78 is 38.4. The molecule has 2 aromatic rings. The summed E-state index contributed by atoms with van der Waals surface area (Å²) in [6.07, 6.45) is -4.42. The van der Waals surface area contributed by atoms with E-state index in [-0.39, 0.29) is 11.6 Å². The summed E-state index contributed by atoms with van der Waals surface area (Å²) >= 11 is 1.05. The molecule has 25 heavy (non-hydrogen) atoms. The Kier molecular flexibility index (Phi) is 5.46. The van der Waals surface area contributed by atoms with Crippen molar-refractivity contribution in [2.24, 2.45) is 0 Å². The van der Waals surface area contributed by atoms with Gasteiger partial charge in [-0.05, 0) is 51.5 Å². The SMILES string of the molecule is CC(=O)c1c(C)[nH]c(C(=O)[C@H](C)Sc2cccc(C(F)(F)F)c2)c1C. The van der Waals surface area contributed by atoms with Gasteiger partial charge in [-0.15, -0.1) is 11.8 Å². The summed E-state index contributed by atoms with van der Waals surface area (Å²) in [5.41, 5.74) is 1.26. The van der Waals surface area contributed by atoms with E-state index in [1.807, 2.05) is 0 Å². The molecular formula is C18H18F3NO2S. The summed E-state index contributed by atoms with van der Waals surface area (Å²) in [4.78, 5) is 27.6. The van der Waals surface area contributed by atoms with Crippen LogP contribution in [0.3, 0.4) is 0 Å². The third-order valence-electron chi connectivity index (χ3n) is 3.88. The number of hydrogen-bond donors (Lipinski definition) is 1. The Hall–Kier alpha value is -2.02. The lowest BCUT2D eigenvalue weighted by Gasteiger charge is -2.12. The predicted octanol–water partition coefficient (Wildman–Crippen LogP) is 5.22. The molecule has 1 heterocycles. The zero-order valence-corrected chi connectivity index (χ0v) is 15.1. The minimum absolute atomic E-state index is 0.136. The number of ketones is 2. The Bertz CT molecular complexity index is 824. The molecule has 1 aromatic carbocycles. The number of aromatic amines is 1. The lowest BCUT2D eigenvalue weighted by atomic mass is 10.0. The van der Waals surface area contributed by atoms with Gasteiger partial charge in [-0.25, -0.2) is 0 Å². The van der Waals surface area contributed by atoms with Crippen molar-refractivity contribution in [2.75, 3.05) is 0 Å². The van der Waals surface area contributed by atoms with E-state index in [1.165, 1.54) is 19.1 Å². The number of thioether (sulfide) groups is 1. The van der Waals surface area contributed by atoms with Crippen molar-refractivity contribution in [3.63, 3.8) is 0 Å². The van der Waals surface area contributed by atoms with Gasteiger partial charge in [0.1, 0.15) is 0 Å². The smallest absolute Gasteiger partial charge is 0.355 e. The van der Waals surface area contributed by atoms with Crippen molar-refractivity contribution in [1.82, 2.24) is 4.98 Å². The van der Waals surface area contributed by atoms with Crippen molar-refractivity contribution in [2.45, 2.75) is 44.0 Å². The fourth-order valence-corrected chi connectivity index (χ4v) is 3.72. The van der Waals surface area contributed by atoms with Crippen LogP contribution < -0.4 is 0 Å². The molecule has 0 saturated carbocycles. The lowest BCUT2D eigenvalue weighted by molar-refractivity contribution is -0.137. The molecule has 3 nitrogen and oxygen atoms in total. The van der Waals surface area contributed by atoms with Crippen LogP contribution in [0.2, 0.25) is 0 Å². The second kappa shape index (κ2) is 7.07. The molecule has 0 radical (unpaired) electrons. The molecule has 0 aliphatic rings. The van der Waals surface area contributed by atoms with Crippen molar-refractivity contribution in [3.05, 3.63) is 52.3 Å². The van der Waals surface area contributed by atoms with E-state index in [9.17, 15) is 22.8 Å². The van der Waals surface area contributed by atoms with Crippen molar-refractivity contribution < 1.29 is 22.8 Å². The van der Waals surface area contributed by atoms with Crippen LogP contribution in [0.15, 0.2) is 29.2 Å². The normalized spacial score (nSPS) is 12.9. The van der Waals surface area contributed by atoms with Gasteiger partial charge in [-0.3, -0.25) is 9.59 Å². The van der Waals surface area contributed by atoms with Crippen LogP contribution in [-0.2, 0) is 6.18 Å². The average molecular weight is 369 g/mol. The first kappa shape index (κ1) is 19.3. The number of hydrogen-bond acceptors (Lipinski definition) is 3. The van der Waals surface area contributed by atoms with E-state index in [0.29, 0.717) is 27.4 Å². The van der Waals surface area contributed by atoms with Gasteiger partial charge in [0.15, 0.2) is 11.6 Å². The van der Waals surface area contributed by atoms with Crippen molar-refractivity contribution >= 4 is 23.3 Å². The zero-order chi connectivity index (χ0) is 18.9. The van der Waals surface area contributed by atoms with Gasteiger partial charge in [-0.2, -0.15) is 13.2 Å². The predicted molar refractivity (Wildman–Crippen MR) is 91.4 cm³/mol. The quantitative estimate of drug-likeness (QED) is 0.581. The van der Waals surface area contributed by atoms with Crippen molar-refractivity contribution in [1.29, 1.82) is 0 Å². The Morgan fingerprint density at radius 1 is 1.20 bits per heavy atom. The molecule has 0 fully saturated rings. The van der Waals surface area contributed by atoms with Crippen molar-refractivity contribution in [3.8, 4) is 0 Å². The van der Waals surface area contributed by atoms with Crippen LogP contribution in [0.5, 0.6) is 0 Å². The molecule has 2 rings (SSSR count). The molecule has 1 N–H and O–H groups in total. The molecule has 0 unspecified atom stereocenters. The number of nitrogens with one attached hydrogen (secondary N) is 1. The maximum absolute atomic E-state index is 12.8. The molecule has 1 aromatic heterocycles. The highest BCUT2D eigenvalue weighted by Gasteiger charge is 2.31. The third kappa shape index (κ3) is 4.15. The number of benzene rings is 1. The van der Waals surface area contributed by atoms with Gasteiger partial charge < -0.3 is 4.98 Å². The van der Waals surface area contributed by atoms with Crippen LogP contribution in [-0.4, -0.2) is 21.8 Å². The van der Waals surface area contributed by atoms with Crippen LogP contribution in [0, 0.1) is 13.8 Å². The maximum atomic E-state index is 12.8. The lowest BCUT2D eigenvalue weighted by Crippen LogP contribution is -2.15. The Morgan fingerprint density at radius 2 is 1.84 bits per heavy atom. The van der Waals surface area contributed by atoms with Crippen LogP contribution in [0.25, 0.3) is 0 Å². The van der Waals surface area contributed by atoms with E-state index in [1.54, 1.807) is 20.8 Å². The number of Topliss-reactive ketones (excluding diaryl/α,β-unsaturated/α-hetero) is 2. The summed E-state index contributed by atoms with van der Waals surface area (Å²) in [5.74, 6) is -0.390. The summed E-state index contributed by atoms with van der Waals surface area (Å²) in [6.45, 7) is 6.47. The molecule has 0 bridgehead atoms. The molecule has 0 spiro atoms. The maximum Gasteiger partial charge on any atom is 0.416 e. The first-order valence-electron chi connectivity index (χ1n) is 7.60. The van der Waals surface area contributed by atoms with Gasteiger partial charge in [-0.1, -0.05) is 6.07 Å². The molecule has 0 aliphatic heterocycles. The fourth-order valence-electron chi connectivity index (χ4n) is 2.73. The standard InChI is InChI=1S/C18H18F3NO2S/c1-9-15(11(3)23)10(2)22-16(9)17(24)12(4)25-14-7-5-6-13(8-14)18(19,20)21/h5-8,12,22H,1-4H3/t12-/m0/s1. The van der Waals surface area contributed by atoms with Gasteiger partial charge in [0.05, 0.1) is 16.5 Å². The molecule has 7 heteroatoms. The van der Waals surface area contributed by atoms with Gasteiger partial charge >= 0.3 is 6.18 Å². The Morgan fingerprint density at radius 3 is 2.36 bits per heavy atom. The number of alkyl halides is 3. The molecule has 134 valence electrons. The van der Waals surface area contributed by atoms with E-state index in [0.717, 1.165) is 23.9 Å². The van der Waals surface area contributed by atoms with E-state index in [2.05, 4.69) is 4.98 Å². The second-order valence-corrected chi connectivity index (χ2v) is 7.25. The van der Waals surface area contributed by atoms with Gasteiger partial charge in [0, 0.05) is 16.2 Å². The Labute approximate surface area is 148 Å². The summed E-state index contributed by atoms with van der Waals surface area (Å²) in [6, 6.07) is 4.88. The molecule has 0 aliphatic carbocycles. The number of carbonyl (C=O) groups excluding carboxylic acids is 2. The van der Waals surface area contributed by atoms with E-state index >= 15 is 0 Å². The number of aryl methyl sites for hydroxylation is 1. The molecule has 1 atom stereocenters.